The molecule has 0 spiro atoms. The van der Waals surface area contributed by atoms with Gasteiger partial charge in [-0.05, 0) is 18.1 Å². The van der Waals surface area contributed by atoms with Crippen molar-refractivity contribution in [1.82, 2.24) is 4.90 Å². The van der Waals surface area contributed by atoms with Crippen molar-refractivity contribution in [2.24, 2.45) is 11.7 Å². The van der Waals surface area contributed by atoms with Crippen LogP contribution in [0.4, 0.5) is 0 Å². The summed E-state index contributed by atoms with van der Waals surface area (Å²) in [7, 11) is 1.77. The van der Waals surface area contributed by atoms with Crippen LogP contribution in [0.1, 0.15) is 19.4 Å². The van der Waals surface area contributed by atoms with Crippen molar-refractivity contribution in [2.75, 3.05) is 20.2 Å². The summed E-state index contributed by atoms with van der Waals surface area (Å²) in [5.41, 5.74) is 6.25. The summed E-state index contributed by atoms with van der Waals surface area (Å²) in [6, 6.07) is 7.18. The van der Waals surface area contributed by atoms with E-state index in [9.17, 15) is 4.79 Å². The van der Waals surface area contributed by atoms with Crippen LogP contribution in [0.5, 0.6) is 5.75 Å². The van der Waals surface area contributed by atoms with E-state index in [0.717, 1.165) is 0 Å². The second-order valence-electron chi connectivity index (χ2n) is 4.82. The van der Waals surface area contributed by atoms with Gasteiger partial charge in [0.2, 0.25) is 0 Å². The van der Waals surface area contributed by atoms with Crippen molar-refractivity contribution in [2.45, 2.75) is 13.8 Å². The summed E-state index contributed by atoms with van der Waals surface area (Å²) in [5, 5.41) is 0. The molecule has 0 atom stereocenters. The average Bonchev–Trinajstić information content (AvgIpc) is 2.35. The van der Waals surface area contributed by atoms with Crippen LogP contribution in [-0.2, 0) is 4.79 Å². The molecule has 0 bridgehead atoms. The van der Waals surface area contributed by atoms with E-state index in [0.29, 0.717) is 23.8 Å². The number of benzene rings is 1. The predicted molar refractivity (Wildman–Crippen MR) is 80.3 cm³/mol. The lowest BCUT2D eigenvalue weighted by Gasteiger charge is -2.19. The third-order valence-corrected chi connectivity index (χ3v) is 2.79. The number of carbonyl (C=O) groups is 1. The Morgan fingerprint density at radius 3 is 2.63 bits per heavy atom. The molecule has 0 aromatic heterocycles. The lowest BCUT2D eigenvalue weighted by atomic mass is 10.2. The minimum Gasteiger partial charge on any atom is -0.483 e. The van der Waals surface area contributed by atoms with Crippen molar-refractivity contribution in [3.05, 3.63) is 29.8 Å². The Kier molecular flexibility index (Phi) is 5.76. The highest BCUT2D eigenvalue weighted by atomic mass is 32.1. The van der Waals surface area contributed by atoms with Crippen molar-refractivity contribution in [3.8, 4) is 5.75 Å². The largest absolute Gasteiger partial charge is 0.483 e. The smallest absolute Gasteiger partial charge is 0.260 e. The number of likely N-dealkylation sites (N-methyl/N-ethyl adjacent to an activating group) is 1. The first-order chi connectivity index (χ1) is 8.91. The van der Waals surface area contributed by atoms with Gasteiger partial charge < -0.3 is 15.4 Å². The summed E-state index contributed by atoms with van der Waals surface area (Å²) < 4.78 is 5.50. The van der Waals surface area contributed by atoms with Crippen LogP contribution in [0, 0.1) is 5.92 Å². The zero-order valence-electron chi connectivity index (χ0n) is 11.6. The van der Waals surface area contributed by atoms with Gasteiger partial charge in [0.15, 0.2) is 6.61 Å². The molecule has 0 saturated carbocycles. The Morgan fingerprint density at radius 2 is 2.05 bits per heavy atom. The molecule has 2 N–H and O–H groups in total. The fourth-order valence-electron chi connectivity index (χ4n) is 1.70. The van der Waals surface area contributed by atoms with Crippen LogP contribution in [0.15, 0.2) is 24.3 Å². The Labute approximate surface area is 119 Å². The lowest BCUT2D eigenvalue weighted by molar-refractivity contribution is -0.132. The maximum atomic E-state index is 11.9. The number of thiocarbonyl (C=S) groups is 1. The van der Waals surface area contributed by atoms with Crippen molar-refractivity contribution >= 4 is 23.1 Å². The third kappa shape index (κ3) is 4.87. The first kappa shape index (κ1) is 15.4. The Balaban J connectivity index is 2.62. The van der Waals surface area contributed by atoms with Gasteiger partial charge in [0, 0.05) is 13.6 Å². The molecule has 104 valence electrons. The van der Waals surface area contributed by atoms with Gasteiger partial charge in [-0.1, -0.05) is 38.2 Å². The number of nitrogens with two attached hydrogens (primary N) is 1. The second-order valence-corrected chi connectivity index (χ2v) is 5.26. The minimum absolute atomic E-state index is 0.0111. The number of amides is 1. The van der Waals surface area contributed by atoms with Crippen LogP contribution in [0.3, 0.4) is 0 Å². The van der Waals surface area contributed by atoms with E-state index in [4.69, 9.17) is 22.7 Å². The van der Waals surface area contributed by atoms with Crippen LogP contribution in [0.2, 0.25) is 0 Å². The van der Waals surface area contributed by atoms with Crippen molar-refractivity contribution in [3.63, 3.8) is 0 Å². The number of rotatable bonds is 6. The zero-order chi connectivity index (χ0) is 14.4. The van der Waals surface area contributed by atoms with E-state index in [1.807, 2.05) is 12.1 Å². The first-order valence-corrected chi connectivity index (χ1v) is 6.58. The third-order valence-electron chi connectivity index (χ3n) is 2.57. The zero-order valence-corrected chi connectivity index (χ0v) is 12.4. The van der Waals surface area contributed by atoms with E-state index >= 15 is 0 Å². The highest BCUT2D eigenvalue weighted by Gasteiger charge is 2.12. The topological polar surface area (TPSA) is 55.6 Å². The molecule has 1 amide bonds. The second kappa shape index (κ2) is 7.09. The Morgan fingerprint density at radius 1 is 1.42 bits per heavy atom. The SMILES string of the molecule is CC(C)CN(C)C(=O)COc1ccccc1C(N)=S. The van der Waals surface area contributed by atoms with Gasteiger partial charge in [0.05, 0.1) is 5.56 Å². The fraction of sp³-hybridized carbons (Fsp3) is 0.429. The van der Waals surface area contributed by atoms with Gasteiger partial charge in [-0.15, -0.1) is 0 Å². The molecule has 0 fully saturated rings. The molecule has 1 aromatic rings. The molecule has 5 heteroatoms. The van der Waals surface area contributed by atoms with Crippen molar-refractivity contribution < 1.29 is 9.53 Å². The maximum absolute atomic E-state index is 11.9. The minimum atomic E-state index is -0.0635. The van der Waals surface area contributed by atoms with Gasteiger partial charge >= 0.3 is 0 Å². The number of hydrogen-bond donors (Lipinski definition) is 1. The molecule has 1 aromatic carbocycles. The van der Waals surface area contributed by atoms with E-state index in [-0.39, 0.29) is 17.5 Å². The summed E-state index contributed by atoms with van der Waals surface area (Å²) in [4.78, 5) is 13.8. The molecule has 4 nitrogen and oxygen atoms in total. The highest BCUT2D eigenvalue weighted by molar-refractivity contribution is 7.80. The molecule has 0 aliphatic rings. The number of hydrogen-bond acceptors (Lipinski definition) is 3. The maximum Gasteiger partial charge on any atom is 0.260 e. The van der Waals surface area contributed by atoms with E-state index in [1.165, 1.54) is 0 Å². The number of carbonyl (C=O) groups excluding carboxylic acids is 1. The number of para-hydroxylation sites is 1. The van der Waals surface area contributed by atoms with Crippen LogP contribution in [0.25, 0.3) is 0 Å². The molecule has 0 saturated heterocycles. The molecule has 0 radical (unpaired) electrons. The van der Waals surface area contributed by atoms with E-state index < -0.39 is 0 Å². The molecular formula is C14H20N2O2S. The first-order valence-electron chi connectivity index (χ1n) is 6.17. The Hall–Kier alpha value is -1.62. The van der Waals surface area contributed by atoms with Crippen molar-refractivity contribution in [1.29, 1.82) is 0 Å². The molecule has 0 aliphatic carbocycles. The van der Waals surface area contributed by atoms with Gasteiger partial charge in [0.25, 0.3) is 5.91 Å². The quantitative estimate of drug-likeness (QED) is 0.808. The Bertz CT molecular complexity index is 461. The molecular weight excluding hydrogens is 260 g/mol. The summed E-state index contributed by atoms with van der Waals surface area (Å²) >= 11 is 4.94. The average molecular weight is 280 g/mol. The fourth-order valence-corrected chi connectivity index (χ4v) is 1.86. The van der Waals surface area contributed by atoms with Gasteiger partial charge in [-0.25, -0.2) is 0 Å². The monoisotopic (exact) mass is 280 g/mol. The normalized spacial score (nSPS) is 10.3. The van der Waals surface area contributed by atoms with Crippen LogP contribution in [-0.4, -0.2) is 36.0 Å². The lowest BCUT2D eigenvalue weighted by Crippen LogP contribution is -2.34. The molecule has 0 unspecified atom stereocenters. The molecule has 0 aliphatic heterocycles. The summed E-state index contributed by atoms with van der Waals surface area (Å²) in [6.07, 6.45) is 0. The number of ether oxygens (including phenoxy) is 1. The van der Waals surface area contributed by atoms with Crippen LogP contribution < -0.4 is 10.5 Å². The van der Waals surface area contributed by atoms with E-state index in [2.05, 4.69) is 13.8 Å². The summed E-state index contributed by atoms with van der Waals surface area (Å²) in [6.45, 7) is 4.82. The molecule has 0 heterocycles. The van der Waals surface area contributed by atoms with Gasteiger partial charge in [-0.2, -0.15) is 0 Å². The number of nitrogens with zero attached hydrogens (tertiary/aromatic N) is 1. The summed E-state index contributed by atoms with van der Waals surface area (Å²) in [5.74, 6) is 0.908. The highest BCUT2D eigenvalue weighted by Crippen LogP contribution is 2.17. The van der Waals surface area contributed by atoms with E-state index in [1.54, 1.807) is 24.1 Å². The predicted octanol–water partition coefficient (Wildman–Crippen LogP) is 1.81. The van der Waals surface area contributed by atoms with Gasteiger partial charge in [-0.3, -0.25) is 4.79 Å². The van der Waals surface area contributed by atoms with Crippen LogP contribution >= 0.6 is 12.2 Å². The standard InChI is InChI=1S/C14H20N2O2S/c1-10(2)8-16(3)13(17)9-18-12-7-5-4-6-11(12)14(15)19/h4-7,10H,8-9H2,1-3H3,(H2,15,19). The molecule has 19 heavy (non-hydrogen) atoms. The van der Waals surface area contributed by atoms with Gasteiger partial charge in [0.1, 0.15) is 10.7 Å². The molecule has 1 rings (SSSR count).